The fourth-order valence-corrected chi connectivity index (χ4v) is 4.56. The van der Waals surface area contributed by atoms with Crippen LogP contribution in [0.15, 0.2) is 22.0 Å². The highest BCUT2D eigenvalue weighted by molar-refractivity contribution is 7.94. The van der Waals surface area contributed by atoms with E-state index in [-0.39, 0.29) is 45.4 Å². The molecule has 0 atom stereocenters. The topological polar surface area (TPSA) is 158 Å². The first kappa shape index (κ1) is 18.8. The minimum absolute atomic E-state index is 0.00639. The van der Waals surface area contributed by atoms with Gasteiger partial charge in [0.25, 0.3) is 21.7 Å². The predicted molar refractivity (Wildman–Crippen MR) is 96.4 cm³/mol. The molecule has 0 spiro atoms. The number of nitrogens with zero attached hydrogens (tertiary/aromatic N) is 1. The Kier molecular flexibility index (Phi) is 4.85. The zero-order valence-electron chi connectivity index (χ0n) is 13.9. The standard InChI is InChI=1S/C15H14N4O6S2/c1-25-13-7(2-3-10(16)20)9(6-8-11(13)18-14(22)12(8)21)19-27(23,24)15-17-4-5-26-15/h4-6,19H,2-3H2,1H3,(H2,16,20)(H,18,21,22). The lowest BCUT2D eigenvalue weighted by atomic mass is 10.0. The van der Waals surface area contributed by atoms with Gasteiger partial charge in [0.05, 0.1) is 24.0 Å². The molecule has 1 aromatic carbocycles. The van der Waals surface area contributed by atoms with E-state index in [0.29, 0.717) is 0 Å². The van der Waals surface area contributed by atoms with E-state index in [1.807, 2.05) is 0 Å². The number of carbonyl (C=O) groups excluding carboxylic acids is 3. The number of ether oxygens (including phenoxy) is 1. The van der Waals surface area contributed by atoms with Gasteiger partial charge in [-0.3, -0.25) is 19.1 Å². The number of fused-ring (bicyclic) bond motifs is 1. The minimum Gasteiger partial charge on any atom is -0.494 e. The van der Waals surface area contributed by atoms with Crippen LogP contribution in [-0.4, -0.2) is 38.1 Å². The summed E-state index contributed by atoms with van der Waals surface area (Å²) in [6.07, 6.45) is 1.28. The summed E-state index contributed by atoms with van der Waals surface area (Å²) in [5.41, 5.74) is 5.58. The monoisotopic (exact) mass is 410 g/mol. The highest BCUT2D eigenvalue weighted by atomic mass is 32.2. The van der Waals surface area contributed by atoms with Crippen LogP contribution in [0.3, 0.4) is 0 Å². The van der Waals surface area contributed by atoms with Crippen molar-refractivity contribution in [2.45, 2.75) is 17.2 Å². The zero-order chi connectivity index (χ0) is 19.8. The van der Waals surface area contributed by atoms with Crippen LogP contribution in [0, 0.1) is 0 Å². The lowest BCUT2D eigenvalue weighted by molar-refractivity contribution is -0.118. The first-order valence-electron chi connectivity index (χ1n) is 7.54. The quantitative estimate of drug-likeness (QED) is 0.561. The maximum absolute atomic E-state index is 12.5. The number of amides is 2. The molecule has 10 nitrogen and oxygen atoms in total. The van der Waals surface area contributed by atoms with Gasteiger partial charge >= 0.3 is 0 Å². The Labute approximate surface area is 157 Å². The molecule has 0 radical (unpaired) electrons. The molecule has 142 valence electrons. The molecule has 0 aliphatic carbocycles. The molecule has 1 aliphatic heterocycles. The fourth-order valence-electron chi connectivity index (χ4n) is 2.64. The highest BCUT2D eigenvalue weighted by Gasteiger charge is 2.34. The second-order valence-electron chi connectivity index (χ2n) is 5.51. The molecule has 0 fully saturated rings. The molecular weight excluding hydrogens is 396 g/mol. The third-order valence-electron chi connectivity index (χ3n) is 3.78. The zero-order valence-corrected chi connectivity index (χ0v) is 15.6. The summed E-state index contributed by atoms with van der Waals surface area (Å²) < 4.78 is 32.5. The fraction of sp³-hybridized carbons (Fsp3) is 0.200. The molecular formula is C15H14N4O6S2. The number of primary amides is 1. The summed E-state index contributed by atoms with van der Waals surface area (Å²) in [4.78, 5) is 38.7. The Morgan fingerprint density at radius 1 is 1.41 bits per heavy atom. The van der Waals surface area contributed by atoms with E-state index in [2.05, 4.69) is 15.0 Å². The molecule has 0 unspecified atom stereocenters. The summed E-state index contributed by atoms with van der Waals surface area (Å²) >= 11 is 0.909. The molecule has 12 heteroatoms. The van der Waals surface area contributed by atoms with Crippen LogP contribution in [0.25, 0.3) is 0 Å². The van der Waals surface area contributed by atoms with Crippen LogP contribution >= 0.6 is 11.3 Å². The number of rotatable bonds is 7. The number of thiazole rings is 1. The molecule has 2 amide bonds. The summed E-state index contributed by atoms with van der Waals surface area (Å²) in [5, 5.41) is 3.89. The Balaban J connectivity index is 2.15. The number of Topliss-reactive ketones (excluding diaryl/α,β-unsaturated/α-hetero) is 1. The van der Waals surface area contributed by atoms with Gasteiger partial charge in [0.15, 0.2) is 0 Å². The molecule has 1 aliphatic rings. The Morgan fingerprint density at radius 2 is 2.15 bits per heavy atom. The number of nitrogens with two attached hydrogens (primary N) is 1. The maximum atomic E-state index is 12.5. The number of aromatic nitrogens is 1. The normalized spacial score (nSPS) is 13.2. The van der Waals surface area contributed by atoms with E-state index >= 15 is 0 Å². The van der Waals surface area contributed by atoms with Gasteiger partial charge in [-0.1, -0.05) is 0 Å². The molecule has 0 saturated heterocycles. The van der Waals surface area contributed by atoms with Gasteiger partial charge in [-0.05, 0) is 12.5 Å². The largest absolute Gasteiger partial charge is 0.494 e. The van der Waals surface area contributed by atoms with E-state index in [0.717, 1.165) is 11.3 Å². The summed E-state index contributed by atoms with van der Waals surface area (Å²) in [6, 6.07) is 1.24. The van der Waals surface area contributed by atoms with E-state index in [9.17, 15) is 22.8 Å². The van der Waals surface area contributed by atoms with Crippen molar-refractivity contribution in [1.29, 1.82) is 0 Å². The average Bonchev–Trinajstić information content (AvgIpc) is 3.23. The van der Waals surface area contributed by atoms with E-state index in [4.69, 9.17) is 10.5 Å². The second-order valence-corrected chi connectivity index (χ2v) is 8.26. The predicted octanol–water partition coefficient (Wildman–Crippen LogP) is 0.505. The SMILES string of the molecule is COc1c(CCC(N)=O)c(NS(=O)(=O)c2nccs2)cc2c1NC(=O)C2=O. The molecule has 0 saturated carbocycles. The summed E-state index contributed by atoms with van der Waals surface area (Å²) in [5.74, 6) is -2.19. The van der Waals surface area contributed by atoms with Gasteiger partial charge < -0.3 is 15.8 Å². The van der Waals surface area contributed by atoms with Crippen molar-refractivity contribution >= 4 is 50.3 Å². The number of nitrogens with one attached hydrogen (secondary N) is 2. The number of benzene rings is 1. The smallest absolute Gasteiger partial charge is 0.296 e. The Bertz CT molecular complexity index is 1050. The molecule has 0 bridgehead atoms. The van der Waals surface area contributed by atoms with Gasteiger partial charge in [-0.2, -0.15) is 8.42 Å². The van der Waals surface area contributed by atoms with Crippen LogP contribution < -0.4 is 20.5 Å². The van der Waals surface area contributed by atoms with Crippen LogP contribution in [0.4, 0.5) is 11.4 Å². The lowest BCUT2D eigenvalue weighted by Gasteiger charge is -2.17. The van der Waals surface area contributed by atoms with E-state index < -0.39 is 27.6 Å². The van der Waals surface area contributed by atoms with Gasteiger partial charge in [-0.25, -0.2) is 4.98 Å². The number of anilines is 2. The Morgan fingerprint density at radius 3 is 2.74 bits per heavy atom. The molecule has 1 aromatic heterocycles. The first-order chi connectivity index (χ1) is 12.7. The van der Waals surface area contributed by atoms with Crippen LogP contribution in [-0.2, 0) is 26.0 Å². The van der Waals surface area contributed by atoms with Crippen molar-refractivity contribution in [1.82, 2.24) is 4.98 Å². The molecule has 2 heterocycles. The average molecular weight is 410 g/mol. The van der Waals surface area contributed by atoms with Crippen molar-refractivity contribution in [3.05, 3.63) is 28.8 Å². The van der Waals surface area contributed by atoms with Crippen LogP contribution in [0.2, 0.25) is 0 Å². The van der Waals surface area contributed by atoms with Gasteiger partial charge in [0.1, 0.15) is 5.75 Å². The van der Waals surface area contributed by atoms with Crippen molar-refractivity contribution < 1.29 is 27.5 Å². The van der Waals surface area contributed by atoms with Crippen molar-refractivity contribution in [3.8, 4) is 5.75 Å². The van der Waals surface area contributed by atoms with Gasteiger partial charge in [-0.15, -0.1) is 11.3 Å². The van der Waals surface area contributed by atoms with Crippen molar-refractivity contribution in [2.24, 2.45) is 5.73 Å². The maximum Gasteiger partial charge on any atom is 0.296 e. The molecule has 2 aromatic rings. The first-order valence-corrected chi connectivity index (χ1v) is 9.91. The van der Waals surface area contributed by atoms with E-state index in [1.165, 1.54) is 24.8 Å². The number of carbonyl (C=O) groups is 3. The summed E-state index contributed by atoms with van der Waals surface area (Å²) in [6.45, 7) is 0. The van der Waals surface area contributed by atoms with Gasteiger partial charge in [0, 0.05) is 23.6 Å². The van der Waals surface area contributed by atoms with Gasteiger partial charge in [0.2, 0.25) is 10.2 Å². The minimum atomic E-state index is -4.04. The van der Waals surface area contributed by atoms with Crippen LogP contribution in [0.5, 0.6) is 5.75 Å². The number of ketones is 1. The third kappa shape index (κ3) is 3.48. The van der Waals surface area contributed by atoms with E-state index in [1.54, 1.807) is 0 Å². The number of methoxy groups -OCH3 is 1. The molecule has 3 rings (SSSR count). The summed E-state index contributed by atoms with van der Waals surface area (Å²) in [7, 11) is -2.73. The number of hydrogen-bond acceptors (Lipinski definition) is 8. The third-order valence-corrected chi connectivity index (χ3v) is 6.35. The number of hydrogen-bond donors (Lipinski definition) is 3. The second kappa shape index (κ2) is 6.96. The van der Waals surface area contributed by atoms with Crippen LogP contribution in [0.1, 0.15) is 22.3 Å². The highest BCUT2D eigenvalue weighted by Crippen LogP contribution is 2.42. The molecule has 27 heavy (non-hydrogen) atoms. The van der Waals surface area contributed by atoms with Crippen molar-refractivity contribution in [3.63, 3.8) is 0 Å². The van der Waals surface area contributed by atoms with Crippen molar-refractivity contribution in [2.75, 3.05) is 17.1 Å². The number of sulfonamides is 1. The molecule has 4 N–H and O–H groups in total. The lowest BCUT2D eigenvalue weighted by Crippen LogP contribution is -2.17. The Hall–Kier alpha value is -2.99.